The van der Waals surface area contributed by atoms with Crippen molar-refractivity contribution < 1.29 is 4.79 Å². The highest BCUT2D eigenvalue weighted by Gasteiger charge is 1.98. The molecular weight excluding hydrogens is 220 g/mol. The highest BCUT2D eigenvalue weighted by molar-refractivity contribution is 6.17. The molecule has 2 heteroatoms. The molecule has 0 fully saturated rings. The minimum absolute atomic E-state index is 0.133. The van der Waals surface area contributed by atoms with Crippen LogP contribution >= 0.6 is 11.6 Å². The molecule has 0 bridgehead atoms. The van der Waals surface area contributed by atoms with Crippen molar-refractivity contribution in [2.24, 2.45) is 0 Å². The molecule has 0 heterocycles. The van der Waals surface area contributed by atoms with Gasteiger partial charge < -0.3 is 0 Å². The van der Waals surface area contributed by atoms with Gasteiger partial charge in [0.15, 0.2) is 5.78 Å². The van der Waals surface area contributed by atoms with Gasteiger partial charge in [-0.1, -0.05) is 37.1 Å². The van der Waals surface area contributed by atoms with Gasteiger partial charge in [0, 0.05) is 11.4 Å². The van der Waals surface area contributed by atoms with Gasteiger partial charge in [0.05, 0.1) is 0 Å². The van der Waals surface area contributed by atoms with E-state index in [9.17, 15) is 4.79 Å². The number of rotatable bonds is 7. The first kappa shape index (κ1) is 13.2. The molecule has 0 atom stereocenters. The summed E-state index contributed by atoms with van der Waals surface area (Å²) in [6.45, 7) is 1.60. The molecule has 88 valence electrons. The predicted octanol–water partition coefficient (Wildman–Crippen LogP) is 4.23. The molecule has 0 N–H and O–H groups in total. The molecule has 16 heavy (non-hydrogen) atoms. The minimum Gasteiger partial charge on any atom is -0.295 e. The standard InChI is InChI=1S/C14H19ClO/c1-12(16)14-9-7-13(8-10-14)6-4-2-3-5-11-15/h7-10H,2-6,11H2,1H3. The van der Waals surface area contributed by atoms with Crippen LogP contribution in [0.5, 0.6) is 0 Å². The molecule has 1 rings (SSSR count). The third-order valence-electron chi connectivity index (χ3n) is 2.71. The molecule has 0 radical (unpaired) electrons. The molecule has 0 aliphatic carbocycles. The van der Waals surface area contributed by atoms with Crippen molar-refractivity contribution in [1.29, 1.82) is 0 Å². The van der Waals surface area contributed by atoms with Crippen LogP contribution in [0.2, 0.25) is 0 Å². The summed E-state index contributed by atoms with van der Waals surface area (Å²) < 4.78 is 0. The molecule has 0 spiro atoms. The number of ketones is 1. The van der Waals surface area contributed by atoms with E-state index < -0.39 is 0 Å². The Balaban J connectivity index is 2.29. The Kier molecular flexibility index (Phi) is 6.17. The number of carbonyl (C=O) groups excluding carboxylic acids is 1. The van der Waals surface area contributed by atoms with Crippen molar-refractivity contribution in [1.82, 2.24) is 0 Å². The van der Waals surface area contributed by atoms with Gasteiger partial charge in [0.25, 0.3) is 0 Å². The number of alkyl halides is 1. The Hall–Kier alpha value is -0.820. The van der Waals surface area contributed by atoms with Crippen molar-refractivity contribution in [2.75, 3.05) is 5.88 Å². The minimum atomic E-state index is 0.133. The molecular formula is C14H19ClO. The van der Waals surface area contributed by atoms with Crippen LogP contribution in [-0.2, 0) is 6.42 Å². The molecule has 0 saturated heterocycles. The summed E-state index contributed by atoms with van der Waals surface area (Å²) in [7, 11) is 0. The number of benzene rings is 1. The third kappa shape index (κ3) is 4.80. The van der Waals surface area contributed by atoms with Crippen molar-refractivity contribution in [3.8, 4) is 0 Å². The Bertz CT molecular complexity index is 316. The molecule has 0 unspecified atom stereocenters. The highest BCUT2D eigenvalue weighted by Crippen LogP contribution is 2.10. The summed E-state index contributed by atoms with van der Waals surface area (Å²) in [6, 6.07) is 7.93. The second kappa shape index (κ2) is 7.45. The smallest absolute Gasteiger partial charge is 0.159 e. The van der Waals surface area contributed by atoms with Gasteiger partial charge >= 0.3 is 0 Å². The topological polar surface area (TPSA) is 17.1 Å². The van der Waals surface area contributed by atoms with Crippen LogP contribution in [0, 0.1) is 0 Å². The van der Waals surface area contributed by atoms with Gasteiger partial charge in [0.1, 0.15) is 0 Å². The van der Waals surface area contributed by atoms with Crippen molar-refractivity contribution in [2.45, 2.75) is 39.0 Å². The molecule has 0 aromatic heterocycles. The van der Waals surface area contributed by atoms with Crippen LogP contribution in [0.4, 0.5) is 0 Å². The Morgan fingerprint density at radius 2 is 1.69 bits per heavy atom. The fourth-order valence-corrected chi connectivity index (χ4v) is 1.87. The van der Waals surface area contributed by atoms with Gasteiger partial charge in [-0.25, -0.2) is 0 Å². The van der Waals surface area contributed by atoms with Gasteiger partial charge in [-0.15, -0.1) is 11.6 Å². The summed E-state index contributed by atoms with van der Waals surface area (Å²) in [5, 5.41) is 0. The second-order valence-electron chi connectivity index (χ2n) is 4.11. The second-order valence-corrected chi connectivity index (χ2v) is 4.48. The van der Waals surface area contributed by atoms with E-state index in [1.54, 1.807) is 6.92 Å². The van der Waals surface area contributed by atoms with Crippen molar-refractivity contribution in [3.63, 3.8) is 0 Å². The zero-order valence-electron chi connectivity index (χ0n) is 9.84. The summed E-state index contributed by atoms with van der Waals surface area (Å²) in [5.74, 6) is 0.904. The fraction of sp³-hybridized carbons (Fsp3) is 0.500. The number of hydrogen-bond acceptors (Lipinski definition) is 1. The van der Waals surface area contributed by atoms with Gasteiger partial charge in [-0.2, -0.15) is 0 Å². The average molecular weight is 239 g/mol. The number of carbonyl (C=O) groups is 1. The first-order chi connectivity index (χ1) is 7.74. The molecule has 1 aromatic rings. The summed E-state index contributed by atoms with van der Waals surface area (Å²) in [4.78, 5) is 11.1. The van der Waals surface area contributed by atoms with Gasteiger partial charge in [-0.3, -0.25) is 4.79 Å². The van der Waals surface area contributed by atoms with Gasteiger partial charge in [0.2, 0.25) is 0 Å². The maximum absolute atomic E-state index is 11.1. The summed E-state index contributed by atoms with van der Waals surface area (Å²) in [6.07, 6.45) is 5.87. The van der Waals surface area contributed by atoms with E-state index >= 15 is 0 Å². The lowest BCUT2D eigenvalue weighted by Gasteiger charge is -2.02. The van der Waals surface area contributed by atoms with E-state index in [0.29, 0.717) is 0 Å². The maximum Gasteiger partial charge on any atom is 0.159 e. The van der Waals surface area contributed by atoms with Crippen molar-refractivity contribution in [3.05, 3.63) is 35.4 Å². The number of aryl methyl sites for hydroxylation is 1. The van der Waals surface area contributed by atoms with E-state index in [1.165, 1.54) is 24.8 Å². The Morgan fingerprint density at radius 1 is 1.06 bits per heavy atom. The van der Waals surface area contributed by atoms with E-state index in [0.717, 1.165) is 24.3 Å². The largest absolute Gasteiger partial charge is 0.295 e. The Labute approximate surface area is 103 Å². The lowest BCUT2D eigenvalue weighted by atomic mass is 10.0. The molecule has 0 aliphatic heterocycles. The Morgan fingerprint density at radius 3 is 2.25 bits per heavy atom. The molecule has 0 aliphatic rings. The van der Waals surface area contributed by atoms with Crippen LogP contribution in [0.3, 0.4) is 0 Å². The first-order valence-corrected chi connectivity index (χ1v) is 6.43. The fourth-order valence-electron chi connectivity index (χ4n) is 1.68. The monoisotopic (exact) mass is 238 g/mol. The number of unbranched alkanes of at least 4 members (excludes halogenated alkanes) is 3. The lowest BCUT2D eigenvalue weighted by molar-refractivity contribution is 0.101. The van der Waals surface area contributed by atoms with Crippen molar-refractivity contribution >= 4 is 17.4 Å². The van der Waals surface area contributed by atoms with Crippen LogP contribution in [0.1, 0.15) is 48.5 Å². The molecule has 0 amide bonds. The number of hydrogen-bond donors (Lipinski definition) is 0. The van der Waals surface area contributed by atoms with E-state index in [4.69, 9.17) is 11.6 Å². The quantitative estimate of drug-likeness (QED) is 0.395. The third-order valence-corrected chi connectivity index (χ3v) is 2.98. The zero-order chi connectivity index (χ0) is 11.8. The number of Topliss-reactive ketones (excluding diaryl/α,β-unsaturated/α-hetero) is 1. The van der Waals surface area contributed by atoms with Crippen LogP contribution in [0.15, 0.2) is 24.3 Å². The maximum atomic E-state index is 11.1. The summed E-state index contributed by atoms with van der Waals surface area (Å²) >= 11 is 5.61. The lowest BCUT2D eigenvalue weighted by Crippen LogP contribution is -1.92. The number of halogens is 1. The zero-order valence-corrected chi connectivity index (χ0v) is 10.6. The van der Waals surface area contributed by atoms with E-state index in [-0.39, 0.29) is 5.78 Å². The molecule has 0 saturated carbocycles. The predicted molar refractivity (Wildman–Crippen MR) is 69.3 cm³/mol. The van der Waals surface area contributed by atoms with Crippen LogP contribution in [0.25, 0.3) is 0 Å². The van der Waals surface area contributed by atoms with Crippen LogP contribution < -0.4 is 0 Å². The molecule has 1 nitrogen and oxygen atoms in total. The average Bonchev–Trinajstić information content (AvgIpc) is 2.29. The van der Waals surface area contributed by atoms with E-state index in [1.807, 2.05) is 12.1 Å². The normalized spacial score (nSPS) is 10.4. The molecule has 1 aromatic carbocycles. The highest BCUT2D eigenvalue weighted by atomic mass is 35.5. The summed E-state index contributed by atoms with van der Waals surface area (Å²) in [5.41, 5.74) is 2.11. The van der Waals surface area contributed by atoms with Crippen LogP contribution in [-0.4, -0.2) is 11.7 Å². The van der Waals surface area contributed by atoms with Gasteiger partial charge in [-0.05, 0) is 31.7 Å². The SMILES string of the molecule is CC(=O)c1ccc(CCCCCCCl)cc1. The first-order valence-electron chi connectivity index (χ1n) is 5.90. The van der Waals surface area contributed by atoms with E-state index in [2.05, 4.69) is 12.1 Å².